The Morgan fingerprint density at radius 3 is 1.47 bits per heavy atom. The molecule has 1 aliphatic heterocycles. The van der Waals surface area contributed by atoms with Gasteiger partial charge in [0.1, 0.15) is 11.5 Å². The van der Waals surface area contributed by atoms with Gasteiger partial charge in [-0.1, -0.05) is 158 Å². The summed E-state index contributed by atoms with van der Waals surface area (Å²) >= 11 is 0. The van der Waals surface area contributed by atoms with E-state index in [1.807, 2.05) is 36.4 Å². The summed E-state index contributed by atoms with van der Waals surface area (Å²) in [7, 11) is 0. The van der Waals surface area contributed by atoms with Gasteiger partial charge in [-0.3, -0.25) is 0 Å². The first-order valence-corrected chi connectivity index (χ1v) is 19.3. The molecule has 1 aliphatic carbocycles. The number of hydrogen-bond donors (Lipinski definition) is 0. The van der Waals surface area contributed by atoms with Gasteiger partial charge in [-0.15, -0.1) is 0 Å². The van der Waals surface area contributed by atoms with Crippen molar-refractivity contribution in [2.24, 2.45) is 0 Å². The third-order valence-corrected chi connectivity index (χ3v) is 11.7. The normalized spacial score (nSPS) is 13.2. The van der Waals surface area contributed by atoms with Crippen LogP contribution in [0.1, 0.15) is 22.3 Å². The lowest BCUT2D eigenvalue weighted by Gasteiger charge is -2.39. The molecule has 2 aromatic heterocycles. The molecular formula is C52H32N4O. The van der Waals surface area contributed by atoms with Crippen molar-refractivity contribution in [3.05, 3.63) is 216 Å². The van der Waals surface area contributed by atoms with Crippen molar-refractivity contribution in [3.63, 3.8) is 0 Å². The first-order chi connectivity index (χ1) is 28.3. The second kappa shape index (κ2) is 12.2. The lowest BCUT2D eigenvalue weighted by Crippen LogP contribution is -2.32. The summed E-state index contributed by atoms with van der Waals surface area (Å²) < 4.78 is 9.13. The molecule has 1 spiro atoms. The van der Waals surface area contributed by atoms with E-state index in [1.54, 1.807) is 0 Å². The molecule has 5 heteroatoms. The third-order valence-electron chi connectivity index (χ3n) is 11.7. The van der Waals surface area contributed by atoms with E-state index in [1.165, 1.54) is 27.5 Å². The van der Waals surface area contributed by atoms with E-state index in [0.717, 1.165) is 61.6 Å². The Kier molecular flexibility index (Phi) is 6.78. The summed E-state index contributed by atoms with van der Waals surface area (Å²) in [4.78, 5) is 15.3. The predicted molar refractivity (Wildman–Crippen MR) is 228 cm³/mol. The number of benzene rings is 8. The zero-order valence-corrected chi connectivity index (χ0v) is 30.7. The third kappa shape index (κ3) is 4.54. The molecule has 0 amide bonds. The van der Waals surface area contributed by atoms with Crippen molar-refractivity contribution in [2.45, 2.75) is 5.41 Å². The number of nitrogens with zero attached hydrogens (tertiary/aromatic N) is 4. The summed E-state index contributed by atoms with van der Waals surface area (Å²) in [5.41, 5.74) is 12.5. The van der Waals surface area contributed by atoms with Gasteiger partial charge in [-0.05, 0) is 53.1 Å². The zero-order chi connectivity index (χ0) is 37.5. The molecule has 0 bridgehead atoms. The average molecular weight is 729 g/mol. The van der Waals surface area contributed by atoms with Crippen LogP contribution < -0.4 is 4.74 Å². The topological polar surface area (TPSA) is 52.8 Å². The maximum absolute atomic E-state index is 6.68. The van der Waals surface area contributed by atoms with Crippen LogP contribution in [-0.2, 0) is 5.41 Å². The van der Waals surface area contributed by atoms with E-state index < -0.39 is 5.41 Å². The zero-order valence-electron chi connectivity index (χ0n) is 30.7. The van der Waals surface area contributed by atoms with E-state index in [0.29, 0.717) is 17.5 Å². The van der Waals surface area contributed by atoms with Crippen LogP contribution in [-0.4, -0.2) is 19.5 Å². The van der Waals surface area contributed by atoms with E-state index >= 15 is 0 Å². The Morgan fingerprint density at radius 2 is 0.877 bits per heavy atom. The molecule has 0 atom stereocenters. The lowest BCUT2D eigenvalue weighted by molar-refractivity contribution is 0.436. The lowest BCUT2D eigenvalue weighted by atomic mass is 9.66. The second-order valence-electron chi connectivity index (χ2n) is 14.7. The predicted octanol–water partition coefficient (Wildman–Crippen LogP) is 12.4. The molecule has 2 aliphatic rings. The SMILES string of the molecule is c1ccc(-c2nc(-c3ccccc3)nc(-c3ccc4c(c3)-c3c(-n5c6ccccc6c6ccccc65)cccc3C43c4ccccc4Oc4ccccc43)n2)cc1. The first-order valence-electron chi connectivity index (χ1n) is 19.3. The molecule has 0 fully saturated rings. The maximum atomic E-state index is 6.68. The van der Waals surface area contributed by atoms with Crippen LogP contribution in [0.4, 0.5) is 0 Å². The highest BCUT2D eigenvalue weighted by Crippen LogP contribution is 2.63. The molecule has 10 aromatic rings. The minimum Gasteiger partial charge on any atom is -0.457 e. The number of rotatable bonds is 4. The van der Waals surface area contributed by atoms with E-state index in [4.69, 9.17) is 19.7 Å². The summed E-state index contributed by atoms with van der Waals surface area (Å²) in [6, 6.07) is 68.4. The molecule has 266 valence electrons. The van der Waals surface area contributed by atoms with Crippen molar-refractivity contribution in [2.75, 3.05) is 0 Å². The van der Waals surface area contributed by atoms with Gasteiger partial charge in [0, 0.05) is 44.2 Å². The molecule has 57 heavy (non-hydrogen) atoms. The van der Waals surface area contributed by atoms with Gasteiger partial charge >= 0.3 is 0 Å². The average Bonchev–Trinajstić information content (AvgIpc) is 3.77. The minimum atomic E-state index is -0.646. The van der Waals surface area contributed by atoms with Gasteiger partial charge in [0.25, 0.3) is 0 Å². The highest BCUT2D eigenvalue weighted by atomic mass is 16.5. The van der Waals surface area contributed by atoms with Gasteiger partial charge in [0.05, 0.1) is 22.1 Å². The second-order valence-corrected chi connectivity index (χ2v) is 14.7. The number of aromatic nitrogens is 4. The van der Waals surface area contributed by atoms with Gasteiger partial charge in [-0.2, -0.15) is 0 Å². The van der Waals surface area contributed by atoms with Crippen LogP contribution in [0.5, 0.6) is 11.5 Å². The Bertz CT molecular complexity index is 3070. The van der Waals surface area contributed by atoms with Crippen molar-refractivity contribution in [3.8, 4) is 62.5 Å². The van der Waals surface area contributed by atoms with Crippen LogP contribution in [0.15, 0.2) is 194 Å². The summed E-state index contributed by atoms with van der Waals surface area (Å²) in [5, 5.41) is 2.45. The highest BCUT2D eigenvalue weighted by molar-refractivity contribution is 6.10. The van der Waals surface area contributed by atoms with Crippen LogP contribution in [0.2, 0.25) is 0 Å². The Labute approximate surface area is 329 Å². The van der Waals surface area contributed by atoms with E-state index in [-0.39, 0.29) is 0 Å². The molecule has 0 saturated carbocycles. The van der Waals surface area contributed by atoms with Crippen LogP contribution in [0.25, 0.3) is 72.8 Å². The summed E-state index contributed by atoms with van der Waals surface area (Å²) in [6.07, 6.45) is 0. The van der Waals surface area contributed by atoms with Gasteiger partial charge in [0.2, 0.25) is 0 Å². The van der Waals surface area contributed by atoms with Crippen molar-refractivity contribution < 1.29 is 4.74 Å². The molecule has 0 saturated heterocycles. The fourth-order valence-corrected chi connectivity index (χ4v) is 9.38. The minimum absolute atomic E-state index is 0.620. The van der Waals surface area contributed by atoms with Crippen LogP contribution >= 0.6 is 0 Å². The van der Waals surface area contributed by atoms with Crippen LogP contribution in [0, 0.1) is 0 Å². The number of ether oxygens (including phenoxy) is 1. The fraction of sp³-hybridized carbons (Fsp3) is 0.0192. The van der Waals surface area contributed by atoms with Crippen molar-refractivity contribution in [1.29, 1.82) is 0 Å². The Morgan fingerprint density at radius 1 is 0.386 bits per heavy atom. The molecular weight excluding hydrogens is 697 g/mol. The van der Waals surface area contributed by atoms with Gasteiger partial charge in [-0.25, -0.2) is 15.0 Å². The Balaban J connectivity index is 1.19. The molecule has 0 N–H and O–H groups in total. The molecule has 0 unspecified atom stereocenters. The van der Waals surface area contributed by atoms with E-state index in [2.05, 4.69) is 162 Å². The van der Waals surface area contributed by atoms with E-state index in [9.17, 15) is 0 Å². The van der Waals surface area contributed by atoms with Gasteiger partial charge in [0.15, 0.2) is 17.5 Å². The largest absolute Gasteiger partial charge is 0.457 e. The first kappa shape index (κ1) is 31.7. The number of fused-ring (bicyclic) bond motifs is 12. The number of para-hydroxylation sites is 4. The van der Waals surface area contributed by atoms with Crippen LogP contribution in [0.3, 0.4) is 0 Å². The monoisotopic (exact) mass is 728 g/mol. The highest BCUT2D eigenvalue weighted by Gasteiger charge is 2.52. The fourth-order valence-electron chi connectivity index (χ4n) is 9.38. The molecule has 8 aromatic carbocycles. The molecule has 3 heterocycles. The molecule has 5 nitrogen and oxygen atoms in total. The number of hydrogen-bond acceptors (Lipinski definition) is 4. The quantitative estimate of drug-likeness (QED) is 0.181. The maximum Gasteiger partial charge on any atom is 0.164 e. The van der Waals surface area contributed by atoms with Crippen molar-refractivity contribution >= 4 is 21.8 Å². The smallest absolute Gasteiger partial charge is 0.164 e. The molecule has 12 rings (SSSR count). The Hall–Kier alpha value is -7.63. The summed E-state index contributed by atoms with van der Waals surface area (Å²) in [5.74, 6) is 3.61. The summed E-state index contributed by atoms with van der Waals surface area (Å²) in [6.45, 7) is 0. The van der Waals surface area contributed by atoms with Gasteiger partial charge < -0.3 is 9.30 Å². The van der Waals surface area contributed by atoms with Crippen molar-refractivity contribution in [1.82, 2.24) is 19.5 Å². The molecule has 0 radical (unpaired) electrons. The standard InChI is InChI=1S/C52H32N4O/c1-3-16-33(17-4-1)49-53-50(34-18-5-2-6-19-34)55-51(54-49)35-30-31-39-38(32-35)48-42(52(39)40-22-9-13-28-46(40)57-47-29-14-10-23-41(47)52)24-15-27-45(48)56-43-25-11-7-20-36(43)37-21-8-12-26-44(37)56/h1-32H.